The molecular weight excluding hydrogens is 290 g/mol. The Balaban J connectivity index is 2.19. The number of hydrogen-bond acceptors (Lipinski definition) is 4. The smallest absolute Gasteiger partial charge is 0.355 e. The normalized spacial score (nSPS) is 11.9. The summed E-state index contributed by atoms with van der Waals surface area (Å²) in [6, 6.07) is -0.0240. The zero-order valence-electron chi connectivity index (χ0n) is 12.5. The van der Waals surface area contributed by atoms with Crippen molar-refractivity contribution in [2.45, 2.75) is 52.0 Å². The topological polar surface area (TPSA) is 91.3 Å². The molecule has 0 saturated heterocycles. The first-order valence-electron chi connectivity index (χ1n) is 7.25. The standard InChI is InChI=1S/C14H23N3O3S/c1-3-4-5-6-10(2)16-14(20)15-8-7-12-17-11(9-21-12)13(18)19/h9-10H,3-8H2,1-2H3,(H,18,19)(H2,15,16,20). The molecule has 0 aliphatic heterocycles. The van der Waals surface area contributed by atoms with Crippen molar-refractivity contribution in [1.82, 2.24) is 15.6 Å². The van der Waals surface area contributed by atoms with E-state index in [9.17, 15) is 9.59 Å². The maximum Gasteiger partial charge on any atom is 0.355 e. The highest BCUT2D eigenvalue weighted by Gasteiger charge is 2.09. The molecular formula is C14H23N3O3S. The van der Waals surface area contributed by atoms with E-state index in [-0.39, 0.29) is 17.8 Å². The van der Waals surface area contributed by atoms with Crippen LogP contribution in [0.2, 0.25) is 0 Å². The van der Waals surface area contributed by atoms with Crippen LogP contribution in [0.5, 0.6) is 0 Å². The van der Waals surface area contributed by atoms with Crippen LogP contribution in [0.1, 0.15) is 55.0 Å². The molecule has 0 aliphatic carbocycles. The Bertz CT molecular complexity index is 462. The zero-order valence-corrected chi connectivity index (χ0v) is 13.3. The van der Waals surface area contributed by atoms with Crippen molar-refractivity contribution in [1.29, 1.82) is 0 Å². The highest BCUT2D eigenvalue weighted by atomic mass is 32.1. The summed E-state index contributed by atoms with van der Waals surface area (Å²) in [5.41, 5.74) is 0.0593. The molecule has 118 valence electrons. The van der Waals surface area contributed by atoms with Crippen molar-refractivity contribution in [3.8, 4) is 0 Å². The van der Waals surface area contributed by atoms with Gasteiger partial charge in [-0.05, 0) is 13.3 Å². The van der Waals surface area contributed by atoms with Gasteiger partial charge in [-0.2, -0.15) is 0 Å². The number of carboxylic acid groups (broad SMARTS) is 1. The van der Waals surface area contributed by atoms with Gasteiger partial charge < -0.3 is 15.7 Å². The molecule has 0 bridgehead atoms. The van der Waals surface area contributed by atoms with E-state index in [0.29, 0.717) is 18.0 Å². The van der Waals surface area contributed by atoms with Gasteiger partial charge in [-0.25, -0.2) is 14.6 Å². The highest BCUT2D eigenvalue weighted by molar-refractivity contribution is 7.09. The van der Waals surface area contributed by atoms with Gasteiger partial charge in [0, 0.05) is 24.4 Å². The number of carbonyl (C=O) groups excluding carboxylic acids is 1. The van der Waals surface area contributed by atoms with E-state index in [2.05, 4.69) is 22.5 Å². The predicted molar refractivity (Wildman–Crippen MR) is 82.9 cm³/mol. The average Bonchev–Trinajstić information content (AvgIpc) is 2.88. The number of thiazole rings is 1. The van der Waals surface area contributed by atoms with Crippen LogP contribution in [0.3, 0.4) is 0 Å². The Morgan fingerprint density at radius 2 is 2.19 bits per heavy atom. The monoisotopic (exact) mass is 313 g/mol. The number of nitrogens with one attached hydrogen (secondary N) is 2. The van der Waals surface area contributed by atoms with Crippen LogP contribution in [0.25, 0.3) is 0 Å². The first-order valence-corrected chi connectivity index (χ1v) is 8.13. The number of hydrogen-bond donors (Lipinski definition) is 3. The molecule has 1 unspecified atom stereocenters. The fraction of sp³-hybridized carbons (Fsp3) is 0.643. The van der Waals surface area contributed by atoms with Crippen LogP contribution in [-0.4, -0.2) is 34.7 Å². The van der Waals surface area contributed by atoms with Crippen LogP contribution in [0.15, 0.2) is 5.38 Å². The minimum Gasteiger partial charge on any atom is -0.476 e. The second-order valence-electron chi connectivity index (χ2n) is 4.98. The van der Waals surface area contributed by atoms with Crippen molar-refractivity contribution in [2.24, 2.45) is 0 Å². The predicted octanol–water partition coefficient (Wildman–Crippen LogP) is 2.65. The number of unbranched alkanes of at least 4 members (excludes halogenated alkanes) is 2. The Labute approximate surface area is 129 Å². The Morgan fingerprint density at radius 3 is 2.81 bits per heavy atom. The number of urea groups is 1. The summed E-state index contributed by atoms with van der Waals surface area (Å²) in [7, 11) is 0. The SMILES string of the molecule is CCCCCC(C)NC(=O)NCCc1nc(C(=O)O)cs1. The molecule has 7 heteroatoms. The van der Waals surface area contributed by atoms with Crippen LogP contribution in [-0.2, 0) is 6.42 Å². The third kappa shape index (κ3) is 7.08. The van der Waals surface area contributed by atoms with Gasteiger partial charge in [-0.15, -0.1) is 11.3 Å². The number of nitrogens with zero attached hydrogens (tertiary/aromatic N) is 1. The van der Waals surface area contributed by atoms with Gasteiger partial charge in [0.15, 0.2) is 5.69 Å². The molecule has 0 saturated carbocycles. The number of carbonyl (C=O) groups is 2. The Hall–Kier alpha value is -1.63. The van der Waals surface area contributed by atoms with E-state index in [1.807, 2.05) is 6.92 Å². The van der Waals surface area contributed by atoms with Gasteiger partial charge in [-0.3, -0.25) is 0 Å². The van der Waals surface area contributed by atoms with E-state index >= 15 is 0 Å². The maximum atomic E-state index is 11.7. The molecule has 0 aromatic carbocycles. The van der Waals surface area contributed by atoms with Crippen molar-refractivity contribution >= 4 is 23.3 Å². The third-order valence-electron chi connectivity index (χ3n) is 3.01. The molecule has 1 aromatic rings. The molecule has 1 atom stereocenters. The van der Waals surface area contributed by atoms with Gasteiger partial charge in [0.2, 0.25) is 0 Å². The summed E-state index contributed by atoms with van der Waals surface area (Å²) < 4.78 is 0. The summed E-state index contributed by atoms with van der Waals surface area (Å²) in [4.78, 5) is 26.3. The molecule has 21 heavy (non-hydrogen) atoms. The summed E-state index contributed by atoms with van der Waals surface area (Å²) in [6.45, 7) is 4.59. The van der Waals surface area contributed by atoms with E-state index in [1.165, 1.54) is 29.6 Å². The molecule has 3 N–H and O–H groups in total. The molecule has 0 spiro atoms. The zero-order chi connectivity index (χ0) is 15.7. The molecule has 2 amide bonds. The second-order valence-corrected chi connectivity index (χ2v) is 5.92. The van der Waals surface area contributed by atoms with Crippen LogP contribution < -0.4 is 10.6 Å². The molecule has 0 fully saturated rings. The Morgan fingerprint density at radius 1 is 1.43 bits per heavy atom. The lowest BCUT2D eigenvalue weighted by atomic mass is 10.1. The molecule has 6 nitrogen and oxygen atoms in total. The number of aromatic carboxylic acids is 1. The highest BCUT2D eigenvalue weighted by Crippen LogP contribution is 2.09. The number of carboxylic acids is 1. The van der Waals surface area contributed by atoms with Crippen molar-refractivity contribution < 1.29 is 14.7 Å². The summed E-state index contributed by atoms with van der Waals surface area (Å²) in [5.74, 6) is -1.02. The fourth-order valence-corrected chi connectivity index (χ4v) is 2.63. The summed E-state index contributed by atoms with van der Waals surface area (Å²) in [5, 5.41) is 16.6. The first kappa shape index (κ1) is 17.4. The van der Waals surface area contributed by atoms with Gasteiger partial charge >= 0.3 is 12.0 Å². The number of amides is 2. The van der Waals surface area contributed by atoms with E-state index in [1.54, 1.807) is 0 Å². The Kier molecular flexibility index (Phi) is 7.74. The molecule has 1 rings (SSSR count). The summed E-state index contributed by atoms with van der Waals surface area (Å²) in [6.07, 6.45) is 5.00. The van der Waals surface area contributed by atoms with E-state index in [0.717, 1.165) is 12.8 Å². The van der Waals surface area contributed by atoms with E-state index in [4.69, 9.17) is 5.11 Å². The molecule has 0 radical (unpaired) electrons. The van der Waals surface area contributed by atoms with Crippen LogP contribution in [0.4, 0.5) is 4.79 Å². The second kappa shape index (κ2) is 9.33. The van der Waals surface area contributed by atoms with Gasteiger partial charge in [0.25, 0.3) is 0 Å². The fourth-order valence-electron chi connectivity index (χ4n) is 1.85. The number of aromatic nitrogens is 1. The maximum absolute atomic E-state index is 11.7. The van der Waals surface area contributed by atoms with Crippen LogP contribution >= 0.6 is 11.3 Å². The lowest BCUT2D eigenvalue weighted by Crippen LogP contribution is -2.41. The van der Waals surface area contributed by atoms with Crippen LogP contribution in [0, 0.1) is 0 Å². The van der Waals surface area contributed by atoms with Gasteiger partial charge in [-0.1, -0.05) is 26.2 Å². The molecule has 1 heterocycles. The largest absolute Gasteiger partial charge is 0.476 e. The van der Waals surface area contributed by atoms with Gasteiger partial charge in [0.1, 0.15) is 0 Å². The van der Waals surface area contributed by atoms with Crippen molar-refractivity contribution in [3.05, 3.63) is 16.1 Å². The van der Waals surface area contributed by atoms with Crippen molar-refractivity contribution in [2.75, 3.05) is 6.54 Å². The minimum atomic E-state index is -1.02. The number of rotatable bonds is 9. The van der Waals surface area contributed by atoms with Gasteiger partial charge in [0.05, 0.1) is 5.01 Å². The molecule has 1 aromatic heterocycles. The third-order valence-corrected chi connectivity index (χ3v) is 3.92. The summed E-state index contributed by atoms with van der Waals surface area (Å²) >= 11 is 1.29. The van der Waals surface area contributed by atoms with E-state index < -0.39 is 5.97 Å². The lowest BCUT2D eigenvalue weighted by Gasteiger charge is -2.14. The first-order chi connectivity index (χ1) is 10.0. The quantitative estimate of drug-likeness (QED) is 0.611. The minimum absolute atomic E-state index is 0.0593. The van der Waals surface area contributed by atoms with Crippen molar-refractivity contribution in [3.63, 3.8) is 0 Å². The average molecular weight is 313 g/mol. The lowest BCUT2D eigenvalue weighted by molar-refractivity contribution is 0.0691. The molecule has 0 aliphatic rings.